The van der Waals surface area contributed by atoms with Crippen LogP contribution in [0.2, 0.25) is 0 Å². The number of halogens is 2. The van der Waals surface area contributed by atoms with Gasteiger partial charge in [-0.05, 0) is 6.42 Å². The highest BCUT2D eigenvalue weighted by molar-refractivity contribution is 5.48. The molecule has 0 amide bonds. The molecular weight excluding hydrogens is 244 g/mol. The van der Waals surface area contributed by atoms with Gasteiger partial charge in [0, 0.05) is 12.6 Å². The van der Waals surface area contributed by atoms with Gasteiger partial charge < -0.3 is 20.8 Å². The number of nitrogens with one attached hydrogen (secondary N) is 2. The average Bonchev–Trinajstić information content (AvgIpc) is 2.36. The Morgan fingerprint density at radius 3 is 2.39 bits per heavy atom. The first-order chi connectivity index (χ1) is 8.62. The third kappa shape index (κ3) is 3.78. The first-order valence-corrected chi connectivity index (χ1v) is 5.70. The van der Waals surface area contributed by atoms with Crippen molar-refractivity contribution >= 4 is 11.6 Å². The topological polar surface area (TPSA) is 77.4 Å². The Hall–Kier alpha value is -1.47. The van der Waals surface area contributed by atoms with Crippen molar-refractivity contribution < 1.29 is 19.0 Å². The van der Waals surface area contributed by atoms with Crippen molar-refractivity contribution in [2.75, 3.05) is 30.4 Å². The average molecular weight is 261 g/mol. The Kier molecular flexibility index (Phi) is 5.73. The molecule has 0 radical (unpaired) electrons. The molecule has 0 saturated heterocycles. The summed E-state index contributed by atoms with van der Waals surface area (Å²) in [6.45, 7) is 1.65. The molecule has 18 heavy (non-hydrogen) atoms. The van der Waals surface area contributed by atoms with Crippen molar-refractivity contribution in [2.24, 2.45) is 0 Å². The molecule has 1 aromatic heterocycles. The highest BCUT2D eigenvalue weighted by Crippen LogP contribution is 2.19. The largest absolute Gasteiger partial charge is 0.394 e. The molecule has 0 atom stereocenters. The van der Waals surface area contributed by atoms with Crippen LogP contribution in [0.1, 0.15) is 13.3 Å². The van der Waals surface area contributed by atoms with Crippen LogP contribution in [0.25, 0.3) is 0 Å². The number of hydrogen-bond acceptors (Lipinski definition) is 5. The van der Waals surface area contributed by atoms with Crippen LogP contribution in [0.5, 0.6) is 0 Å². The number of aliphatic hydroxyl groups is 2. The summed E-state index contributed by atoms with van der Waals surface area (Å²) in [5.41, 5.74) is 0. The fraction of sp³-hybridized carbons (Fsp3) is 0.545. The SMILES string of the molecule is CCCNc1nc(NC(CO)CO)c(F)cc1F. The molecule has 1 rings (SSSR count). The fourth-order valence-corrected chi connectivity index (χ4v) is 1.28. The summed E-state index contributed by atoms with van der Waals surface area (Å²) in [6, 6.07) is -0.0319. The second kappa shape index (κ2) is 7.07. The van der Waals surface area contributed by atoms with Gasteiger partial charge in [-0.25, -0.2) is 13.8 Å². The summed E-state index contributed by atoms with van der Waals surface area (Å²) >= 11 is 0. The zero-order valence-electron chi connectivity index (χ0n) is 10.1. The van der Waals surface area contributed by atoms with Gasteiger partial charge >= 0.3 is 0 Å². The van der Waals surface area contributed by atoms with Crippen molar-refractivity contribution in [1.82, 2.24) is 4.98 Å². The van der Waals surface area contributed by atoms with E-state index in [1.807, 2.05) is 6.92 Å². The van der Waals surface area contributed by atoms with Gasteiger partial charge in [0.25, 0.3) is 0 Å². The summed E-state index contributed by atoms with van der Waals surface area (Å²) in [6.07, 6.45) is 0.775. The normalized spacial score (nSPS) is 10.8. The van der Waals surface area contributed by atoms with Gasteiger partial charge in [0.05, 0.1) is 19.3 Å². The summed E-state index contributed by atoms with van der Waals surface area (Å²) < 4.78 is 26.8. The summed E-state index contributed by atoms with van der Waals surface area (Å²) in [5, 5.41) is 23.0. The lowest BCUT2D eigenvalue weighted by Crippen LogP contribution is -2.29. The molecule has 0 aliphatic carbocycles. The van der Waals surface area contributed by atoms with Gasteiger partial charge in [-0.15, -0.1) is 0 Å². The fourth-order valence-electron chi connectivity index (χ4n) is 1.28. The Morgan fingerprint density at radius 1 is 1.22 bits per heavy atom. The van der Waals surface area contributed by atoms with Crippen LogP contribution >= 0.6 is 0 Å². The molecule has 0 aliphatic heterocycles. The molecule has 0 bridgehead atoms. The van der Waals surface area contributed by atoms with E-state index in [4.69, 9.17) is 10.2 Å². The van der Waals surface area contributed by atoms with Crippen LogP contribution in [0, 0.1) is 11.6 Å². The molecule has 1 heterocycles. The monoisotopic (exact) mass is 261 g/mol. The van der Waals surface area contributed by atoms with Crippen LogP contribution < -0.4 is 10.6 Å². The van der Waals surface area contributed by atoms with Crippen LogP contribution in [0.4, 0.5) is 20.4 Å². The van der Waals surface area contributed by atoms with E-state index >= 15 is 0 Å². The van der Waals surface area contributed by atoms with Gasteiger partial charge in [-0.2, -0.15) is 0 Å². The molecule has 0 aromatic carbocycles. The van der Waals surface area contributed by atoms with Crippen LogP contribution in [-0.4, -0.2) is 41.0 Å². The Morgan fingerprint density at radius 2 is 1.83 bits per heavy atom. The van der Waals surface area contributed by atoms with Crippen molar-refractivity contribution in [3.8, 4) is 0 Å². The van der Waals surface area contributed by atoms with Crippen LogP contribution in [0.15, 0.2) is 6.07 Å². The standard InChI is InChI=1S/C11H17F2N3O2/c1-2-3-14-10-8(12)4-9(13)11(16-10)15-7(5-17)6-18/h4,7,17-18H,2-3,5-6H2,1H3,(H2,14,15,16). The molecule has 5 nitrogen and oxygen atoms in total. The third-order valence-electron chi connectivity index (χ3n) is 2.25. The predicted molar refractivity (Wildman–Crippen MR) is 64.5 cm³/mol. The molecule has 102 valence electrons. The lowest BCUT2D eigenvalue weighted by Gasteiger charge is -2.16. The Labute approximate surface area is 104 Å². The molecule has 1 aromatic rings. The summed E-state index contributed by atoms with van der Waals surface area (Å²) in [5.74, 6) is -1.92. The second-order valence-corrected chi connectivity index (χ2v) is 3.78. The molecular formula is C11H17F2N3O2. The lowest BCUT2D eigenvalue weighted by atomic mass is 10.3. The summed E-state index contributed by atoms with van der Waals surface area (Å²) in [7, 11) is 0. The highest BCUT2D eigenvalue weighted by atomic mass is 19.1. The maximum Gasteiger partial charge on any atom is 0.168 e. The molecule has 4 N–H and O–H groups in total. The number of anilines is 2. The van der Waals surface area contributed by atoms with Crippen molar-refractivity contribution in [1.29, 1.82) is 0 Å². The number of pyridine rings is 1. The van der Waals surface area contributed by atoms with Gasteiger partial charge in [-0.1, -0.05) is 6.92 Å². The molecule has 0 aliphatic rings. The molecule has 0 fully saturated rings. The molecule has 0 spiro atoms. The minimum absolute atomic E-state index is 0.0598. The molecule has 7 heteroatoms. The number of rotatable bonds is 7. The zero-order valence-corrected chi connectivity index (χ0v) is 10.1. The maximum atomic E-state index is 13.4. The first kappa shape index (κ1) is 14.6. The van der Waals surface area contributed by atoms with Gasteiger partial charge in [0.15, 0.2) is 23.3 Å². The quantitative estimate of drug-likeness (QED) is 0.588. The number of hydrogen-bond donors (Lipinski definition) is 4. The van der Waals surface area contributed by atoms with E-state index in [0.717, 1.165) is 6.42 Å². The molecule has 0 unspecified atom stereocenters. The molecule has 0 saturated carbocycles. The smallest absolute Gasteiger partial charge is 0.168 e. The van der Waals surface area contributed by atoms with E-state index < -0.39 is 17.7 Å². The second-order valence-electron chi connectivity index (χ2n) is 3.78. The van der Waals surface area contributed by atoms with E-state index in [1.165, 1.54) is 0 Å². The van der Waals surface area contributed by atoms with Crippen molar-refractivity contribution in [2.45, 2.75) is 19.4 Å². The first-order valence-electron chi connectivity index (χ1n) is 5.70. The van der Waals surface area contributed by atoms with Gasteiger partial charge in [-0.3, -0.25) is 0 Å². The van der Waals surface area contributed by atoms with Crippen molar-refractivity contribution in [3.63, 3.8) is 0 Å². The third-order valence-corrected chi connectivity index (χ3v) is 2.25. The summed E-state index contributed by atoms with van der Waals surface area (Å²) in [4.78, 5) is 3.75. The highest BCUT2D eigenvalue weighted by Gasteiger charge is 2.14. The number of aromatic nitrogens is 1. The van der Waals surface area contributed by atoms with Crippen LogP contribution in [0.3, 0.4) is 0 Å². The van der Waals surface area contributed by atoms with E-state index in [-0.39, 0.29) is 24.8 Å². The Balaban J connectivity index is 2.89. The van der Waals surface area contributed by atoms with E-state index in [9.17, 15) is 8.78 Å². The minimum atomic E-state index is -0.874. The van der Waals surface area contributed by atoms with Crippen LogP contribution in [-0.2, 0) is 0 Å². The maximum absolute atomic E-state index is 13.4. The van der Waals surface area contributed by atoms with E-state index in [2.05, 4.69) is 15.6 Å². The number of nitrogens with zero attached hydrogens (tertiary/aromatic N) is 1. The van der Waals surface area contributed by atoms with E-state index in [1.54, 1.807) is 0 Å². The zero-order chi connectivity index (χ0) is 13.5. The van der Waals surface area contributed by atoms with Gasteiger partial charge in [0.1, 0.15) is 0 Å². The predicted octanol–water partition coefficient (Wildman–Crippen LogP) is 0.947. The van der Waals surface area contributed by atoms with E-state index in [0.29, 0.717) is 12.6 Å². The van der Waals surface area contributed by atoms with Crippen molar-refractivity contribution in [3.05, 3.63) is 17.7 Å². The lowest BCUT2D eigenvalue weighted by molar-refractivity contribution is 0.203. The minimum Gasteiger partial charge on any atom is -0.394 e. The van der Waals surface area contributed by atoms with Gasteiger partial charge in [0.2, 0.25) is 0 Å². The number of aliphatic hydroxyl groups excluding tert-OH is 2. The Bertz CT molecular complexity index is 387.